The van der Waals surface area contributed by atoms with Gasteiger partial charge in [-0.25, -0.2) is 9.97 Å². The van der Waals surface area contributed by atoms with E-state index in [2.05, 4.69) is 52.0 Å². The van der Waals surface area contributed by atoms with E-state index in [1.807, 2.05) is 31.2 Å². The van der Waals surface area contributed by atoms with Crippen molar-refractivity contribution in [1.29, 1.82) is 0 Å². The van der Waals surface area contributed by atoms with E-state index in [0.29, 0.717) is 0 Å². The maximum Gasteiger partial charge on any atom is 0.137 e. The normalized spacial score (nSPS) is 11.3. The quantitative estimate of drug-likeness (QED) is 0.822. The Morgan fingerprint density at radius 2 is 1.86 bits per heavy atom. The zero-order valence-corrected chi connectivity index (χ0v) is 14.6. The summed E-state index contributed by atoms with van der Waals surface area (Å²) in [5, 5.41) is 3.31. The van der Waals surface area contributed by atoms with Crippen LogP contribution >= 0.6 is 15.9 Å². The molecule has 1 N–H and O–H groups in total. The lowest BCUT2D eigenvalue weighted by molar-refractivity contribution is 0.412. The van der Waals surface area contributed by atoms with Crippen molar-refractivity contribution in [2.45, 2.75) is 33.1 Å². The lowest BCUT2D eigenvalue weighted by Gasteiger charge is -2.18. The number of hydrogen-bond donors (Lipinski definition) is 1. The third-order valence-corrected chi connectivity index (χ3v) is 3.44. The molecule has 0 amide bonds. The topological polar surface area (TPSA) is 47.0 Å². The van der Waals surface area contributed by atoms with Crippen LogP contribution in [-0.4, -0.2) is 17.1 Å². The highest BCUT2D eigenvalue weighted by molar-refractivity contribution is 9.10. The molecule has 0 atom stereocenters. The molecule has 4 nitrogen and oxygen atoms in total. The molecule has 1 aromatic heterocycles. The Morgan fingerprint density at radius 1 is 1.14 bits per heavy atom. The predicted octanol–water partition coefficient (Wildman–Crippen LogP) is 4.60. The van der Waals surface area contributed by atoms with Crippen LogP contribution in [0.1, 0.15) is 32.2 Å². The first kappa shape index (κ1) is 15.8. The lowest BCUT2D eigenvalue weighted by atomic mass is 9.96. The van der Waals surface area contributed by atoms with Gasteiger partial charge in [-0.15, -0.1) is 0 Å². The Labute approximate surface area is 134 Å². The fourth-order valence-electron chi connectivity index (χ4n) is 1.92. The second-order valence-corrected chi connectivity index (χ2v) is 6.77. The van der Waals surface area contributed by atoms with Crippen LogP contribution in [0.3, 0.4) is 0 Å². The summed E-state index contributed by atoms with van der Waals surface area (Å²) in [6, 6.07) is 7.82. The molecule has 5 heteroatoms. The molecule has 0 unspecified atom stereocenters. The van der Waals surface area contributed by atoms with Gasteiger partial charge in [-0.3, -0.25) is 0 Å². The Morgan fingerprint density at radius 3 is 2.43 bits per heavy atom. The molecule has 0 aliphatic rings. The fourth-order valence-corrected chi connectivity index (χ4v) is 2.31. The zero-order chi connectivity index (χ0) is 15.6. The molecule has 2 aromatic rings. The van der Waals surface area contributed by atoms with Gasteiger partial charge in [0.25, 0.3) is 0 Å². The van der Waals surface area contributed by atoms with E-state index in [1.54, 1.807) is 7.11 Å². The first-order valence-corrected chi connectivity index (χ1v) is 7.55. The summed E-state index contributed by atoms with van der Waals surface area (Å²) >= 11 is 3.44. The molecule has 0 saturated heterocycles. The van der Waals surface area contributed by atoms with Crippen LogP contribution in [0.5, 0.6) is 5.75 Å². The van der Waals surface area contributed by atoms with Gasteiger partial charge in [0.15, 0.2) is 0 Å². The van der Waals surface area contributed by atoms with E-state index < -0.39 is 0 Å². The highest BCUT2D eigenvalue weighted by atomic mass is 79.9. The molecule has 0 bridgehead atoms. The van der Waals surface area contributed by atoms with Crippen molar-refractivity contribution in [2.75, 3.05) is 12.4 Å². The van der Waals surface area contributed by atoms with Crippen LogP contribution in [-0.2, 0) is 5.41 Å². The number of aromatic nitrogens is 2. The van der Waals surface area contributed by atoms with Gasteiger partial charge in [0.2, 0.25) is 0 Å². The molecular formula is C16H20BrN3O. The number of aryl methyl sites for hydroxylation is 1. The molecule has 0 saturated carbocycles. The monoisotopic (exact) mass is 349 g/mol. The minimum absolute atomic E-state index is 0.101. The van der Waals surface area contributed by atoms with Gasteiger partial charge in [0, 0.05) is 17.2 Å². The van der Waals surface area contributed by atoms with E-state index >= 15 is 0 Å². The largest absolute Gasteiger partial charge is 0.496 e. The number of rotatable bonds is 3. The number of nitrogens with one attached hydrogen (secondary N) is 1. The summed E-state index contributed by atoms with van der Waals surface area (Å²) in [7, 11) is 1.67. The van der Waals surface area contributed by atoms with Crippen molar-refractivity contribution >= 4 is 27.4 Å². The molecular weight excluding hydrogens is 330 g/mol. The number of hydrogen-bond acceptors (Lipinski definition) is 4. The molecule has 21 heavy (non-hydrogen) atoms. The highest BCUT2D eigenvalue weighted by Crippen LogP contribution is 2.26. The summed E-state index contributed by atoms with van der Waals surface area (Å²) in [6.07, 6.45) is 0. The van der Waals surface area contributed by atoms with E-state index in [-0.39, 0.29) is 5.41 Å². The van der Waals surface area contributed by atoms with Crippen molar-refractivity contribution in [1.82, 2.24) is 9.97 Å². The number of ether oxygens (including phenoxy) is 1. The van der Waals surface area contributed by atoms with Gasteiger partial charge in [-0.2, -0.15) is 0 Å². The molecule has 0 aliphatic heterocycles. The number of nitrogens with zero attached hydrogens (tertiary/aromatic N) is 2. The van der Waals surface area contributed by atoms with Crippen molar-refractivity contribution < 1.29 is 4.74 Å². The SMILES string of the molecule is COc1ccc(Nc2cc(Br)nc(C(C)(C)C)n2)cc1C. The van der Waals surface area contributed by atoms with Crippen LogP contribution in [0.25, 0.3) is 0 Å². The Bertz CT molecular complexity index is 650. The summed E-state index contributed by atoms with van der Waals surface area (Å²) in [4.78, 5) is 9.03. The van der Waals surface area contributed by atoms with Gasteiger partial charge < -0.3 is 10.1 Å². The van der Waals surface area contributed by atoms with Crippen LogP contribution in [0.4, 0.5) is 11.5 Å². The average Bonchev–Trinajstić information content (AvgIpc) is 2.37. The minimum Gasteiger partial charge on any atom is -0.496 e. The van der Waals surface area contributed by atoms with Gasteiger partial charge >= 0.3 is 0 Å². The third kappa shape index (κ3) is 3.94. The maximum atomic E-state index is 5.27. The Balaban J connectivity index is 2.31. The van der Waals surface area contributed by atoms with Gasteiger partial charge in [0.05, 0.1) is 7.11 Å². The van der Waals surface area contributed by atoms with Crippen LogP contribution in [0.2, 0.25) is 0 Å². The first-order chi connectivity index (χ1) is 9.79. The van der Waals surface area contributed by atoms with E-state index in [0.717, 1.165) is 33.2 Å². The average molecular weight is 350 g/mol. The Hall–Kier alpha value is -1.62. The van der Waals surface area contributed by atoms with Crippen molar-refractivity contribution in [3.05, 3.63) is 40.3 Å². The van der Waals surface area contributed by atoms with Crippen molar-refractivity contribution in [3.63, 3.8) is 0 Å². The third-order valence-electron chi connectivity index (χ3n) is 3.03. The number of halogens is 1. The second-order valence-electron chi connectivity index (χ2n) is 5.96. The summed E-state index contributed by atoms with van der Waals surface area (Å²) < 4.78 is 6.05. The lowest BCUT2D eigenvalue weighted by Crippen LogP contribution is -2.16. The molecule has 0 aliphatic carbocycles. The number of benzene rings is 1. The molecule has 2 rings (SSSR count). The van der Waals surface area contributed by atoms with Gasteiger partial charge in [-0.05, 0) is 46.6 Å². The van der Waals surface area contributed by atoms with Gasteiger partial charge in [-0.1, -0.05) is 20.8 Å². The molecule has 0 spiro atoms. The van der Waals surface area contributed by atoms with Crippen LogP contribution in [0.15, 0.2) is 28.9 Å². The van der Waals surface area contributed by atoms with Gasteiger partial charge in [0.1, 0.15) is 22.0 Å². The zero-order valence-electron chi connectivity index (χ0n) is 13.0. The molecule has 1 heterocycles. The minimum atomic E-state index is -0.101. The van der Waals surface area contributed by atoms with Crippen molar-refractivity contribution in [3.8, 4) is 5.75 Å². The Kier molecular flexibility index (Phi) is 4.52. The summed E-state index contributed by atoms with van der Waals surface area (Å²) in [6.45, 7) is 8.29. The van der Waals surface area contributed by atoms with Crippen LogP contribution < -0.4 is 10.1 Å². The van der Waals surface area contributed by atoms with Crippen molar-refractivity contribution in [2.24, 2.45) is 0 Å². The molecule has 112 valence electrons. The number of methoxy groups -OCH3 is 1. The highest BCUT2D eigenvalue weighted by Gasteiger charge is 2.18. The molecule has 0 radical (unpaired) electrons. The fraction of sp³-hybridized carbons (Fsp3) is 0.375. The first-order valence-electron chi connectivity index (χ1n) is 6.76. The summed E-state index contributed by atoms with van der Waals surface area (Å²) in [5.74, 6) is 2.44. The molecule has 0 fully saturated rings. The second kappa shape index (κ2) is 6.02. The van der Waals surface area contributed by atoms with Crippen LogP contribution in [0, 0.1) is 6.92 Å². The van der Waals surface area contributed by atoms with E-state index in [4.69, 9.17) is 4.74 Å². The standard InChI is InChI=1S/C16H20BrN3O/c1-10-8-11(6-7-12(10)21-5)18-14-9-13(17)19-15(20-14)16(2,3)4/h6-9H,1-5H3,(H,18,19,20). The summed E-state index contributed by atoms with van der Waals surface area (Å²) in [5.41, 5.74) is 1.95. The molecule has 1 aromatic carbocycles. The maximum absolute atomic E-state index is 5.27. The van der Waals surface area contributed by atoms with E-state index in [9.17, 15) is 0 Å². The number of anilines is 2. The van der Waals surface area contributed by atoms with E-state index in [1.165, 1.54) is 0 Å². The smallest absolute Gasteiger partial charge is 0.137 e. The predicted molar refractivity (Wildman–Crippen MR) is 89.4 cm³/mol.